The molecule has 0 unspecified atom stereocenters. The Morgan fingerprint density at radius 2 is 2.14 bits per heavy atom. The zero-order valence-corrected chi connectivity index (χ0v) is 8.04. The van der Waals surface area contributed by atoms with Crippen LogP contribution in [0.3, 0.4) is 0 Å². The Labute approximate surface area is 81.3 Å². The van der Waals surface area contributed by atoms with Gasteiger partial charge in [0.2, 0.25) is 0 Å². The number of pyridine rings is 1. The van der Waals surface area contributed by atoms with E-state index in [-0.39, 0.29) is 11.6 Å². The first kappa shape index (κ1) is 8.94. The summed E-state index contributed by atoms with van der Waals surface area (Å²) < 4.78 is 18.2. The van der Waals surface area contributed by atoms with Crippen LogP contribution >= 0.6 is 0 Å². The quantitative estimate of drug-likeness (QED) is 0.691. The molecule has 14 heavy (non-hydrogen) atoms. The molecule has 0 saturated heterocycles. The van der Waals surface area contributed by atoms with Crippen molar-refractivity contribution in [2.75, 3.05) is 7.11 Å². The van der Waals surface area contributed by atoms with E-state index in [0.717, 1.165) is 16.5 Å². The third kappa shape index (κ3) is 1.31. The molecular weight excluding hydrogens is 181 g/mol. The lowest BCUT2D eigenvalue weighted by molar-refractivity contribution is 0.387. The lowest BCUT2D eigenvalue weighted by Gasteiger charge is -2.05. The number of nitrogens with zero attached hydrogens (tertiary/aromatic N) is 1. The predicted octanol–water partition coefficient (Wildman–Crippen LogP) is 2.69. The molecule has 0 saturated carbocycles. The van der Waals surface area contributed by atoms with Crippen molar-refractivity contribution in [1.29, 1.82) is 0 Å². The Morgan fingerprint density at radius 1 is 1.36 bits per heavy atom. The lowest BCUT2D eigenvalue weighted by Crippen LogP contribution is -1.90. The minimum Gasteiger partial charge on any atom is -0.494 e. The van der Waals surface area contributed by atoms with Gasteiger partial charge in [0.1, 0.15) is 0 Å². The van der Waals surface area contributed by atoms with Gasteiger partial charge >= 0.3 is 0 Å². The molecule has 1 aromatic carbocycles. The second kappa shape index (κ2) is 3.25. The van der Waals surface area contributed by atoms with Gasteiger partial charge in [-0.15, -0.1) is 0 Å². The first-order valence-corrected chi connectivity index (χ1v) is 4.31. The number of aryl methyl sites for hydroxylation is 1. The maximum Gasteiger partial charge on any atom is 0.165 e. The number of hydrogen-bond acceptors (Lipinski definition) is 2. The summed E-state index contributed by atoms with van der Waals surface area (Å²) in [6.45, 7) is 1.93. The summed E-state index contributed by atoms with van der Waals surface area (Å²) in [7, 11) is 1.44. The number of hydrogen-bond donors (Lipinski definition) is 0. The van der Waals surface area contributed by atoms with Crippen LogP contribution in [0.1, 0.15) is 5.56 Å². The highest BCUT2D eigenvalue weighted by Gasteiger charge is 2.06. The fourth-order valence-corrected chi connectivity index (χ4v) is 1.44. The van der Waals surface area contributed by atoms with Gasteiger partial charge in [0.15, 0.2) is 11.6 Å². The molecular formula is C11H10FNO. The number of aromatic nitrogens is 1. The minimum absolute atomic E-state index is 0.232. The summed E-state index contributed by atoms with van der Waals surface area (Å²) in [5, 5.41) is 0.825. The van der Waals surface area contributed by atoms with E-state index in [4.69, 9.17) is 4.74 Å². The van der Waals surface area contributed by atoms with E-state index in [0.29, 0.717) is 0 Å². The number of methoxy groups -OCH3 is 1. The van der Waals surface area contributed by atoms with Crippen LogP contribution in [-0.4, -0.2) is 12.1 Å². The van der Waals surface area contributed by atoms with Crippen molar-refractivity contribution < 1.29 is 9.13 Å². The summed E-state index contributed by atoms with van der Waals surface area (Å²) >= 11 is 0. The van der Waals surface area contributed by atoms with Crippen LogP contribution < -0.4 is 4.74 Å². The minimum atomic E-state index is -0.351. The average molecular weight is 191 g/mol. The van der Waals surface area contributed by atoms with Gasteiger partial charge in [-0.25, -0.2) is 4.39 Å². The molecule has 2 aromatic rings. The van der Waals surface area contributed by atoms with Crippen LogP contribution in [-0.2, 0) is 0 Å². The zero-order chi connectivity index (χ0) is 10.1. The van der Waals surface area contributed by atoms with Crippen molar-refractivity contribution in [1.82, 2.24) is 4.98 Å². The molecule has 0 aliphatic carbocycles. The van der Waals surface area contributed by atoms with E-state index in [1.165, 1.54) is 13.2 Å². The monoisotopic (exact) mass is 191 g/mol. The molecule has 1 aromatic heterocycles. The summed E-state index contributed by atoms with van der Waals surface area (Å²) in [6.07, 6.45) is 1.70. The van der Waals surface area contributed by atoms with Gasteiger partial charge < -0.3 is 4.74 Å². The molecule has 0 aliphatic heterocycles. The molecule has 2 nitrogen and oxygen atoms in total. The van der Waals surface area contributed by atoms with Crippen LogP contribution in [0.2, 0.25) is 0 Å². The van der Waals surface area contributed by atoms with Gasteiger partial charge in [0.25, 0.3) is 0 Å². The Morgan fingerprint density at radius 3 is 2.86 bits per heavy atom. The molecule has 2 rings (SSSR count). The highest BCUT2D eigenvalue weighted by Crippen LogP contribution is 2.24. The van der Waals surface area contributed by atoms with Crippen LogP contribution in [0.25, 0.3) is 10.9 Å². The SMILES string of the molecule is COc1cc2nccc(C)c2cc1F. The fourth-order valence-electron chi connectivity index (χ4n) is 1.44. The van der Waals surface area contributed by atoms with E-state index in [9.17, 15) is 4.39 Å². The number of ether oxygens (including phenoxy) is 1. The van der Waals surface area contributed by atoms with Crippen molar-refractivity contribution in [3.8, 4) is 5.75 Å². The molecule has 0 spiro atoms. The van der Waals surface area contributed by atoms with E-state index in [1.54, 1.807) is 12.3 Å². The van der Waals surface area contributed by atoms with E-state index >= 15 is 0 Å². The van der Waals surface area contributed by atoms with E-state index in [2.05, 4.69) is 4.98 Å². The van der Waals surface area contributed by atoms with Gasteiger partial charge in [-0.1, -0.05) is 0 Å². The van der Waals surface area contributed by atoms with Crippen molar-refractivity contribution in [2.24, 2.45) is 0 Å². The summed E-state index contributed by atoms with van der Waals surface area (Å²) in [5.74, 6) is -0.119. The van der Waals surface area contributed by atoms with E-state index in [1.807, 2.05) is 13.0 Å². The molecule has 0 N–H and O–H groups in total. The Hall–Kier alpha value is -1.64. The molecule has 0 amide bonds. The van der Waals surface area contributed by atoms with Crippen LogP contribution in [0.4, 0.5) is 4.39 Å². The highest BCUT2D eigenvalue weighted by atomic mass is 19.1. The molecule has 72 valence electrons. The smallest absolute Gasteiger partial charge is 0.165 e. The molecule has 0 radical (unpaired) electrons. The lowest BCUT2D eigenvalue weighted by atomic mass is 10.1. The van der Waals surface area contributed by atoms with Gasteiger partial charge in [-0.3, -0.25) is 4.98 Å². The van der Waals surface area contributed by atoms with Crippen molar-refractivity contribution in [2.45, 2.75) is 6.92 Å². The van der Waals surface area contributed by atoms with Gasteiger partial charge in [-0.2, -0.15) is 0 Å². The predicted molar refractivity (Wildman–Crippen MR) is 53.0 cm³/mol. The summed E-state index contributed by atoms with van der Waals surface area (Å²) in [4.78, 5) is 4.15. The first-order valence-electron chi connectivity index (χ1n) is 4.31. The van der Waals surface area contributed by atoms with Crippen LogP contribution in [0, 0.1) is 12.7 Å². The Bertz CT molecular complexity index is 482. The number of benzene rings is 1. The summed E-state index contributed by atoms with van der Waals surface area (Å²) in [6, 6.07) is 4.92. The second-order valence-corrected chi connectivity index (χ2v) is 3.13. The molecule has 3 heteroatoms. The Kier molecular flexibility index (Phi) is 2.08. The van der Waals surface area contributed by atoms with Crippen molar-refractivity contribution in [3.63, 3.8) is 0 Å². The highest BCUT2D eigenvalue weighted by molar-refractivity contribution is 5.83. The second-order valence-electron chi connectivity index (χ2n) is 3.13. The third-order valence-corrected chi connectivity index (χ3v) is 2.23. The van der Waals surface area contributed by atoms with Crippen LogP contribution in [0.5, 0.6) is 5.75 Å². The largest absolute Gasteiger partial charge is 0.494 e. The van der Waals surface area contributed by atoms with E-state index < -0.39 is 0 Å². The number of halogens is 1. The van der Waals surface area contributed by atoms with Crippen molar-refractivity contribution in [3.05, 3.63) is 35.8 Å². The first-order chi connectivity index (χ1) is 6.72. The maximum atomic E-state index is 13.3. The Balaban J connectivity index is 2.79. The third-order valence-electron chi connectivity index (χ3n) is 2.23. The zero-order valence-electron chi connectivity index (χ0n) is 8.04. The molecule has 0 bridgehead atoms. The van der Waals surface area contributed by atoms with Gasteiger partial charge in [-0.05, 0) is 24.6 Å². The fraction of sp³-hybridized carbons (Fsp3) is 0.182. The molecule has 1 heterocycles. The standard InChI is InChI=1S/C11H10FNO/c1-7-3-4-13-10-6-11(14-2)9(12)5-8(7)10/h3-6H,1-2H3. The van der Waals surface area contributed by atoms with Crippen LogP contribution in [0.15, 0.2) is 24.4 Å². The molecule has 0 atom stereocenters. The normalized spacial score (nSPS) is 10.5. The molecule has 0 aliphatic rings. The number of fused-ring (bicyclic) bond motifs is 1. The summed E-state index contributed by atoms with van der Waals surface area (Å²) in [5.41, 5.74) is 1.76. The van der Waals surface area contributed by atoms with Gasteiger partial charge in [0, 0.05) is 17.6 Å². The topological polar surface area (TPSA) is 22.1 Å². The number of rotatable bonds is 1. The molecule has 0 fully saturated rings. The maximum absolute atomic E-state index is 13.3. The average Bonchev–Trinajstić information content (AvgIpc) is 2.19. The van der Waals surface area contributed by atoms with Gasteiger partial charge in [0.05, 0.1) is 12.6 Å². The van der Waals surface area contributed by atoms with Crippen molar-refractivity contribution >= 4 is 10.9 Å².